The van der Waals surface area contributed by atoms with Gasteiger partial charge in [-0.05, 0) is 55.2 Å². The maximum absolute atomic E-state index is 12.8. The number of sulfonamides is 2. The maximum atomic E-state index is 12.8. The van der Waals surface area contributed by atoms with Crippen LogP contribution in [0.15, 0.2) is 58.3 Å². The molecule has 31 heavy (non-hydrogen) atoms. The topological polar surface area (TPSA) is 104 Å². The molecule has 2 aromatic carbocycles. The average molecular weight is 466 g/mol. The van der Waals surface area contributed by atoms with Gasteiger partial charge in [-0.3, -0.25) is 4.79 Å². The Labute approximate surface area is 184 Å². The molecule has 1 N–H and O–H groups in total. The van der Waals surface area contributed by atoms with Gasteiger partial charge in [-0.15, -0.1) is 0 Å². The third-order valence-corrected chi connectivity index (χ3v) is 9.18. The third kappa shape index (κ3) is 4.98. The highest BCUT2D eigenvalue weighted by molar-refractivity contribution is 7.89. The van der Waals surface area contributed by atoms with Crippen LogP contribution >= 0.6 is 0 Å². The lowest BCUT2D eigenvalue weighted by Crippen LogP contribution is -2.37. The van der Waals surface area contributed by atoms with Crippen molar-refractivity contribution in [3.05, 3.63) is 54.1 Å². The Bertz CT molecular complexity index is 1150. The molecule has 0 radical (unpaired) electrons. The molecule has 1 aliphatic rings. The molecule has 1 fully saturated rings. The summed E-state index contributed by atoms with van der Waals surface area (Å²) in [6, 6.07) is 11.8. The number of rotatable bonds is 6. The second-order valence-corrected chi connectivity index (χ2v) is 11.9. The van der Waals surface area contributed by atoms with E-state index in [0.717, 1.165) is 17.1 Å². The van der Waals surface area contributed by atoms with Crippen LogP contribution in [-0.2, 0) is 20.0 Å². The number of nitrogens with zero attached hydrogens (tertiary/aromatic N) is 2. The number of amides is 1. The van der Waals surface area contributed by atoms with E-state index < -0.39 is 26.0 Å². The van der Waals surface area contributed by atoms with Crippen molar-refractivity contribution in [3.8, 4) is 0 Å². The molecule has 168 valence electrons. The van der Waals surface area contributed by atoms with Crippen molar-refractivity contribution in [1.29, 1.82) is 0 Å². The fourth-order valence-electron chi connectivity index (χ4n) is 3.34. The van der Waals surface area contributed by atoms with Crippen LogP contribution < -0.4 is 5.32 Å². The number of hydrogen-bond donors (Lipinski definition) is 1. The number of anilines is 1. The Morgan fingerprint density at radius 3 is 2.13 bits per heavy atom. The van der Waals surface area contributed by atoms with Crippen LogP contribution in [0.1, 0.15) is 30.1 Å². The molecule has 0 unspecified atom stereocenters. The van der Waals surface area contributed by atoms with Gasteiger partial charge < -0.3 is 5.32 Å². The Kier molecular flexibility index (Phi) is 6.85. The van der Waals surface area contributed by atoms with E-state index in [9.17, 15) is 21.6 Å². The molecule has 2 aromatic rings. The van der Waals surface area contributed by atoms with Gasteiger partial charge in [0.15, 0.2) is 0 Å². The highest BCUT2D eigenvalue weighted by atomic mass is 32.2. The Morgan fingerprint density at radius 2 is 1.55 bits per heavy atom. The SMILES string of the molecule is CC1CCN(S(=O)(=O)c2ccc(C(=O)Nc3ccccc3S(=O)(=O)N(C)C)cc2)CC1. The number of nitrogens with one attached hydrogen (secondary N) is 1. The van der Waals surface area contributed by atoms with E-state index in [1.54, 1.807) is 12.1 Å². The molecule has 0 bridgehead atoms. The summed E-state index contributed by atoms with van der Waals surface area (Å²) in [7, 11) is -4.52. The zero-order valence-electron chi connectivity index (χ0n) is 17.8. The van der Waals surface area contributed by atoms with E-state index in [4.69, 9.17) is 0 Å². The largest absolute Gasteiger partial charge is 0.321 e. The highest BCUT2D eigenvalue weighted by Gasteiger charge is 2.28. The van der Waals surface area contributed by atoms with Gasteiger partial charge in [0.25, 0.3) is 5.91 Å². The van der Waals surface area contributed by atoms with Crippen LogP contribution in [0.3, 0.4) is 0 Å². The Hall–Kier alpha value is -2.27. The summed E-state index contributed by atoms with van der Waals surface area (Å²) in [5.41, 5.74) is 0.378. The quantitative estimate of drug-likeness (QED) is 0.706. The second-order valence-electron chi connectivity index (χ2n) is 7.85. The van der Waals surface area contributed by atoms with Crippen molar-refractivity contribution in [2.75, 3.05) is 32.5 Å². The van der Waals surface area contributed by atoms with E-state index in [-0.39, 0.29) is 21.0 Å². The van der Waals surface area contributed by atoms with Crippen molar-refractivity contribution >= 4 is 31.6 Å². The zero-order chi connectivity index (χ0) is 22.8. The van der Waals surface area contributed by atoms with E-state index in [2.05, 4.69) is 12.2 Å². The predicted octanol–water partition coefficient (Wildman–Crippen LogP) is 2.61. The number of benzene rings is 2. The van der Waals surface area contributed by atoms with Gasteiger partial charge in [0.1, 0.15) is 4.90 Å². The first-order chi connectivity index (χ1) is 14.5. The molecule has 10 heteroatoms. The van der Waals surface area contributed by atoms with Crippen molar-refractivity contribution in [2.24, 2.45) is 5.92 Å². The minimum Gasteiger partial charge on any atom is -0.321 e. The van der Waals surface area contributed by atoms with Crippen molar-refractivity contribution < 1.29 is 21.6 Å². The lowest BCUT2D eigenvalue weighted by Gasteiger charge is -2.29. The first kappa shape index (κ1) is 23.4. The van der Waals surface area contributed by atoms with Crippen molar-refractivity contribution in [3.63, 3.8) is 0 Å². The molecule has 1 heterocycles. The van der Waals surface area contributed by atoms with Gasteiger partial charge in [-0.25, -0.2) is 21.1 Å². The number of carbonyl (C=O) groups is 1. The summed E-state index contributed by atoms with van der Waals surface area (Å²) >= 11 is 0. The number of piperidine rings is 1. The summed E-state index contributed by atoms with van der Waals surface area (Å²) in [5, 5.41) is 2.61. The van der Waals surface area contributed by atoms with Gasteiger partial charge in [0.2, 0.25) is 20.0 Å². The number of carbonyl (C=O) groups excluding carboxylic acids is 1. The highest BCUT2D eigenvalue weighted by Crippen LogP contribution is 2.25. The van der Waals surface area contributed by atoms with Crippen LogP contribution in [0.5, 0.6) is 0 Å². The Morgan fingerprint density at radius 1 is 0.968 bits per heavy atom. The predicted molar refractivity (Wildman–Crippen MR) is 119 cm³/mol. The molecule has 0 spiro atoms. The van der Waals surface area contributed by atoms with Crippen LogP contribution in [0.2, 0.25) is 0 Å². The molecule has 0 aromatic heterocycles. The lowest BCUT2D eigenvalue weighted by atomic mass is 10.0. The summed E-state index contributed by atoms with van der Waals surface area (Å²) < 4.78 is 53.2. The van der Waals surface area contributed by atoms with Crippen molar-refractivity contribution in [1.82, 2.24) is 8.61 Å². The van der Waals surface area contributed by atoms with Gasteiger partial charge in [0, 0.05) is 32.7 Å². The molecule has 8 nitrogen and oxygen atoms in total. The number of para-hydroxylation sites is 1. The summed E-state index contributed by atoms with van der Waals surface area (Å²) in [4.78, 5) is 12.8. The summed E-state index contributed by atoms with van der Waals surface area (Å²) in [6.07, 6.45) is 1.66. The third-order valence-electron chi connectivity index (χ3n) is 5.39. The number of hydrogen-bond acceptors (Lipinski definition) is 5. The molecule has 0 atom stereocenters. The van der Waals surface area contributed by atoms with Crippen LogP contribution in [0, 0.1) is 5.92 Å². The van der Waals surface area contributed by atoms with Gasteiger partial charge in [0.05, 0.1) is 10.6 Å². The molecular formula is C21H27N3O5S2. The summed E-state index contributed by atoms with van der Waals surface area (Å²) in [5.74, 6) is -0.0196. The normalized spacial score (nSPS) is 16.4. The minimum atomic E-state index is -3.74. The van der Waals surface area contributed by atoms with Crippen LogP contribution in [0.4, 0.5) is 5.69 Å². The Balaban J connectivity index is 1.80. The fraction of sp³-hybridized carbons (Fsp3) is 0.381. The fourth-order valence-corrected chi connectivity index (χ4v) is 5.85. The molecule has 1 saturated heterocycles. The molecule has 1 aliphatic heterocycles. The van der Waals surface area contributed by atoms with Crippen LogP contribution in [0.25, 0.3) is 0 Å². The van der Waals surface area contributed by atoms with Gasteiger partial charge >= 0.3 is 0 Å². The van der Waals surface area contributed by atoms with Gasteiger partial charge in [-0.2, -0.15) is 4.31 Å². The molecular weight excluding hydrogens is 438 g/mol. The molecule has 1 amide bonds. The van der Waals surface area contributed by atoms with Crippen molar-refractivity contribution in [2.45, 2.75) is 29.6 Å². The van der Waals surface area contributed by atoms with E-state index >= 15 is 0 Å². The average Bonchev–Trinajstić information content (AvgIpc) is 2.74. The zero-order valence-corrected chi connectivity index (χ0v) is 19.4. The molecule has 0 saturated carbocycles. The summed E-state index contributed by atoms with van der Waals surface area (Å²) in [6.45, 7) is 3.09. The molecule has 0 aliphatic carbocycles. The maximum Gasteiger partial charge on any atom is 0.255 e. The van der Waals surface area contributed by atoms with Crippen LogP contribution in [-0.4, -0.2) is 58.5 Å². The van der Waals surface area contributed by atoms with E-state index in [1.165, 1.54) is 54.8 Å². The lowest BCUT2D eigenvalue weighted by molar-refractivity contribution is 0.102. The first-order valence-electron chi connectivity index (χ1n) is 9.96. The monoisotopic (exact) mass is 465 g/mol. The van der Waals surface area contributed by atoms with E-state index in [0.29, 0.717) is 19.0 Å². The molecule has 3 rings (SSSR count). The van der Waals surface area contributed by atoms with Gasteiger partial charge in [-0.1, -0.05) is 19.1 Å². The second kappa shape index (κ2) is 9.07. The minimum absolute atomic E-state index is 0.0214. The smallest absolute Gasteiger partial charge is 0.255 e. The standard InChI is InChI=1S/C21H27N3O5S2/c1-16-12-14-24(15-13-16)30(26,27)18-10-8-17(9-11-18)21(25)22-19-6-4-5-7-20(19)31(28,29)23(2)3/h4-11,16H,12-15H2,1-3H3,(H,22,25). The first-order valence-corrected chi connectivity index (χ1v) is 12.8. The van der Waals surface area contributed by atoms with E-state index in [1.807, 2.05) is 0 Å².